The summed E-state index contributed by atoms with van der Waals surface area (Å²) in [4.78, 5) is 0. The minimum absolute atomic E-state index is 0.0108. The standard InChI is InChI=1S/C14H26N2O3/c1-8(13(15)16-3)10-5-6-14(7-17)12(18-4)11(10)9(2)19-14/h8-12,17H,5-7H2,1-4H3,(H2,15,16)/t8?,9-,10+,11?,12?,14?/m0/s1. The number of fused-ring (bicyclic) bond motifs is 2. The van der Waals surface area contributed by atoms with E-state index in [4.69, 9.17) is 14.9 Å². The van der Waals surface area contributed by atoms with Crippen LogP contribution in [0.4, 0.5) is 0 Å². The van der Waals surface area contributed by atoms with E-state index >= 15 is 0 Å². The van der Waals surface area contributed by atoms with Gasteiger partial charge in [-0.05, 0) is 25.7 Å². The first-order chi connectivity index (χ1) is 9.00. The molecule has 1 aliphatic carbocycles. The van der Waals surface area contributed by atoms with Crippen LogP contribution < -0.4 is 5.32 Å². The minimum atomic E-state index is -0.531. The zero-order chi connectivity index (χ0) is 14.2. The van der Waals surface area contributed by atoms with E-state index in [-0.39, 0.29) is 30.7 Å². The molecule has 0 aromatic carbocycles. The quantitative estimate of drug-likeness (QED) is 0.526. The first-order valence-corrected chi connectivity index (χ1v) is 7.08. The lowest BCUT2D eigenvalue weighted by molar-refractivity contribution is -0.131. The molecule has 2 fully saturated rings. The zero-order valence-corrected chi connectivity index (χ0v) is 12.3. The van der Waals surface area contributed by atoms with Gasteiger partial charge in [0, 0.05) is 26.0 Å². The topological polar surface area (TPSA) is 74.6 Å². The Hall–Kier alpha value is -0.650. The van der Waals surface area contributed by atoms with Crippen LogP contribution in [0.2, 0.25) is 0 Å². The minimum Gasteiger partial charge on any atom is -0.393 e. The van der Waals surface area contributed by atoms with Crippen molar-refractivity contribution < 1.29 is 14.6 Å². The van der Waals surface area contributed by atoms with Crippen molar-refractivity contribution in [2.24, 2.45) is 17.8 Å². The Balaban J connectivity index is 2.25. The summed E-state index contributed by atoms with van der Waals surface area (Å²) >= 11 is 0. The van der Waals surface area contributed by atoms with Gasteiger partial charge in [-0.25, -0.2) is 0 Å². The number of aliphatic hydroxyl groups is 1. The summed E-state index contributed by atoms with van der Waals surface area (Å²) < 4.78 is 11.7. The van der Waals surface area contributed by atoms with Crippen LogP contribution >= 0.6 is 0 Å². The summed E-state index contributed by atoms with van der Waals surface area (Å²) in [6.07, 6.45) is 1.77. The van der Waals surface area contributed by atoms with Crippen molar-refractivity contribution in [2.45, 2.75) is 44.5 Å². The lowest BCUT2D eigenvalue weighted by Crippen LogP contribution is -2.52. The van der Waals surface area contributed by atoms with Gasteiger partial charge in [0.15, 0.2) is 0 Å². The Kier molecular flexibility index (Phi) is 4.18. The predicted molar refractivity (Wildman–Crippen MR) is 73.3 cm³/mol. The molecule has 1 aliphatic heterocycles. The van der Waals surface area contributed by atoms with E-state index in [1.807, 2.05) is 0 Å². The van der Waals surface area contributed by atoms with Gasteiger partial charge in [-0.1, -0.05) is 6.92 Å². The molecule has 0 aromatic rings. The molecule has 0 spiro atoms. The Morgan fingerprint density at radius 1 is 1.63 bits per heavy atom. The number of methoxy groups -OCH3 is 1. The van der Waals surface area contributed by atoms with Gasteiger partial charge in [-0.3, -0.25) is 5.41 Å². The maximum atomic E-state index is 9.71. The molecule has 4 unspecified atom stereocenters. The van der Waals surface area contributed by atoms with E-state index in [0.717, 1.165) is 12.8 Å². The lowest BCUT2D eigenvalue weighted by Gasteiger charge is -2.42. The predicted octanol–water partition coefficient (Wildman–Crippen LogP) is 1.01. The maximum absolute atomic E-state index is 9.71. The van der Waals surface area contributed by atoms with Crippen LogP contribution in [0.25, 0.3) is 0 Å². The molecule has 1 saturated heterocycles. The second-order valence-electron chi connectivity index (χ2n) is 5.93. The van der Waals surface area contributed by atoms with Crippen molar-refractivity contribution in [2.75, 3.05) is 20.8 Å². The first-order valence-electron chi connectivity index (χ1n) is 7.08. The molecule has 2 rings (SSSR count). The largest absolute Gasteiger partial charge is 0.393 e. The molecule has 0 amide bonds. The highest BCUT2D eigenvalue weighted by Gasteiger charge is 2.60. The second-order valence-corrected chi connectivity index (χ2v) is 5.93. The Bertz CT molecular complexity index is 350. The average molecular weight is 270 g/mol. The van der Waals surface area contributed by atoms with Gasteiger partial charge in [0.25, 0.3) is 0 Å². The van der Waals surface area contributed by atoms with Crippen LogP contribution in [0.15, 0.2) is 0 Å². The molecule has 1 saturated carbocycles. The number of aliphatic hydroxyl groups excluding tert-OH is 1. The van der Waals surface area contributed by atoms with Gasteiger partial charge >= 0.3 is 0 Å². The highest BCUT2D eigenvalue weighted by atomic mass is 16.6. The van der Waals surface area contributed by atoms with Crippen LogP contribution in [0.3, 0.4) is 0 Å². The van der Waals surface area contributed by atoms with Gasteiger partial charge in [-0.15, -0.1) is 0 Å². The van der Waals surface area contributed by atoms with E-state index in [0.29, 0.717) is 11.8 Å². The highest BCUT2D eigenvalue weighted by molar-refractivity contribution is 5.81. The van der Waals surface area contributed by atoms with Crippen molar-refractivity contribution in [3.8, 4) is 0 Å². The molecule has 3 N–H and O–H groups in total. The molecule has 5 nitrogen and oxygen atoms in total. The van der Waals surface area contributed by atoms with Gasteiger partial charge in [0.1, 0.15) is 5.60 Å². The summed E-state index contributed by atoms with van der Waals surface area (Å²) in [6, 6.07) is 0. The van der Waals surface area contributed by atoms with E-state index < -0.39 is 5.60 Å². The molecule has 5 heteroatoms. The third-order valence-corrected chi connectivity index (χ3v) is 5.11. The smallest absolute Gasteiger partial charge is 0.118 e. The summed E-state index contributed by atoms with van der Waals surface area (Å²) in [7, 11) is 3.49. The van der Waals surface area contributed by atoms with E-state index in [1.54, 1.807) is 14.2 Å². The van der Waals surface area contributed by atoms with Gasteiger partial charge < -0.3 is 19.9 Å². The Morgan fingerprint density at radius 2 is 2.32 bits per heavy atom. The zero-order valence-electron chi connectivity index (χ0n) is 12.3. The number of rotatable bonds is 4. The summed E-state index contributed by atoms with van der Waals surface area (Å²) in [5.41, 5.74) is -0.531. The molecule has 1 heterocycles. The molecule has 19 heavy (non-hydrogen) atoms. The summed E-state index contributed by atoms with van der Waals surface area (Å²) in [5.74, 6) is 1.33. The van der Waals surface area contributed by atoms with Crippen LogP contribution in [-0.2, 0) is 9.47 Å². The SMILES string of the molecule is CNC(=N)C(C)[C@H]1CCC2(CO)O[C@@H](C)C1C2OC. The van der Waals surface area contributed by atoms with Crippen LogP contribution in [0.1, 0.15) is 26.7 Å². The molecular formula is C14H26N2O3. The third-order valence-electron chi connectivity index (χ3n) is 5.11. The molecule has 0 aromatic heterocycles. The molecule has 6 atom stereocenters. The van der Waals surface area contributed by atoms with E-state index in [1.165, 1.54) is 0 Å². The number of hydrogen-bond acceptors (Lipinski definition) is 4. The van der Waals surface area contributed by atoms with Crippen LogP contribution in [0.5, 0.6) is 0 Å². The fourth-order valence-corrected chi connectivity index (χ4v) is 4.09. The summed E-state index contributed by atoms with van der Waals surface area (Å²) in [5, 5.41) is 20.7. The Morgan fingerprint density at radius 3 is 2.84 bits per heavy atom. The van der Waals surface area contributed by atoms with E-state index in [9.17, 15) is 5.11 Å². The maximum Gasteiger partial charge on any atom is 0.118 e. The van der Waals surface area contributed by atoms with Crippen molar-refractivity contribution in [3.63, 3.8) is 0 Å². The number of ether oxygens (including phenoxy) is 2. The van der Waals surface area contributed by atoms with E-state index in [2.05, 4.69) is 19.2 Å². The van der Waals surface area contributed by atoms with Gasteiger partial charge in [0.05, 0.1) is 24.7 Å². The highest BCUT2D eigenvalue weighted by Crippen LogP contribution is 2.51. The summed E-state index contributed by atoms with van der Waals surface area (Å²) in [6.45, 7) is 4.16. The monoisotopic (exact) mass is 270 g/mol. The van der Waals surface area contributed by atoms with Crippen LogP contribution in [0, 0.1) is 23.2 Å². The fourth-order valence-electron chi connectivity index (χ4n) is 4.09. The normalized spacial score (nSPS) is 43.0. The van der Waals surface area contributed by atoms with Crippen molar-refractivity contribution in [3.05, 3.63) is 0 Å². The molecule has 110 valence electrons. The molecule has 0 radical (unpaired) electrons. The van der Waals surface area contributed by atoms with Gasteiger partial charge in [-0.2, -0.15) is 0 Å². The van der Waals surface area contributed by atoms with Crippen molar-refractivity contribution >= 4 is 5.84 Å². The van der Waals surface area contributed by atoms with Crippen LogP contribution in [-0.4, -0.2) is 49.5 Å². The molecule has 2 bridgehead atoms. The van der Waals surface area contributed by atoms with Crippen molar-refractivity contribution in [1.29, 1.82) is 5.41 Å². The lowest BCUT2D eigenvalue weighted by atomic mass is 9.66. The Labute approximate surface area is 115 Å². The van der Waals surface area contributed by atoms with Gasteiger partial charge in [0.2, 0.25) is 0 Å². The fraction of sp³-hybridized carbons (Fsp3) is 0.929. The molecule has 2 aliphatic rings. The third kappa shape index (κ3) is 2.18. The number of amidine groups is 1. The molecular weight excluding hydrogens is 244 g/mol. The first kappa shape index (κ1) is 14.8. The second kappa shape index (κ2) is 5.38. The average Bonchev–Trinajstić information content (AvgIpc) is 2.62. The van der Waals surface area contributed by atoms with Crippen molar-refractivity contribution in [1.82, 2.24) is 5.32 Å². The number of hydrogen-bond donors (Lipinski definition) is 3. The number of nitrogens with one attached hydrogen (secondary N) is 2.